The van der Waals surface area contributed by atoms with Gasteiger partial charge < -0.3 is 5.32 Å². The minimum Gasteiger partial charge on any atom is -0.347 e. The first kappa shape index (κ1) is 12.5. The molecule has 0 saturated heterocycles. The molecule has 1 N–H and O–H groups in total. The molecular weight excluding hydrogens is 221 g/mol. The maximum atomic E-state index is 11.8. The molecule has 3 nitrogen and oxygen atoms in total. The van der Waals surface area contributed by atoms with Gasteiger partial charge in [-0.2, -0.15) is 13.2 Å². The molecule has 1 aromatic rings. The van der Waals surface area contributed by atoms with E-state index in [1.165, 1.54) is 6.20 Å². The molecule has 0 aliphatic carbocycles. The first-order valence-electron chi connectivity index (χ1n) is 4.62. The van der Waals surface area contributed by atoms with Crippen molar-refractivity contribution in [2.75, 3.05) is 6.54 Å². The normalized spacial score (nSPS) is 11.2. The van der Waals surface area contributed by atoms with Gasteiger partial charge in [-0.3, -0.25) is 9.78 Å². The van der Waals surface area contributed by atoms with Crippen molar-refractivity contribution in [3.8, 4) is 0 Å². The monoisotopic (exact) mass is 232 g/mol. The Morgan fingerprint density at radius 3 is 2.62 bits per heavy atom. The van der Waals surface area contributed by atoms with Crippen LogP contribution < -0.4 is 5.32 Å². The number of aryl methyl sites for hydroxylation is 1. The third-order valence-corrected chi connectivity index (χ3v) is 1.82. The molecule has 0 spiro atoms. The number of hydrogen-bond acceptors (Lipinski definition) is 2. The summed E-state index contributed by atoms with van der Waals surface area (Å²) in [5, 5.41) is 1.79. The van der Waals surface area contributed by atoms with Crippen molar-refractivity contribution >= 4 is 5.91 Å². The lowest BCUT2D eigenvalue weighted by Gasteiger charge is -2.08. The van der Waals surface area contributed by atoms with E-state index in [-0.39, 0.29) is 6.42 Å². The minimum atomic E-state index is -4.37. The number of nitrogens with one attached hydrogen (secondary N) is 1. The van der Waals surface area contributed by atoms with E-state index in [9.17, 15) is 18.0 Å². The number of alkyl halides is 3. The van der Waals surface area contributed by atoms with E-state index >= 15 is 0 Å². The summed E-state index contributed by atoms with van der Waals surface area (Å²) < 4.78 is 35.3. The molecule has 88 valence electrons. The number of carbonyl (C=O) groups excluding carboxylic acids is 1. The summed E-state index contributed by atoms with van der Waals surface area (Å²) in [5.41, 5.74) is 1.38. The molecule has 0 saturated carbocycles. The third-order valence-electron chi connectivity index (χ3n) is 1.82. The zero-order valence-corrected chi connectivity index (χ0v) is 8.64. The fourth-order valence-electron chi connectivity index (χ4n) is 1.05. The highest BCUT2D eigenvalue weighted by molar-refractivity contribution is 5.78. The minimum absolute atomic E-state index is 0.0939. The van der Waals surface area contributed by atoms with Crippen LogP contribution in [0, 0.1) is 6.92 Å². The van der Waals surface area contributed by atoms with Crippen molar-refractivity contribution in [2.24, 2.45) is 0 Å². The summed E-state index contributed by atoms with van der Waals surface area (Å²) >= 11 is 0. The SMILES string of the molecule is Cc1ccc(CC(=O)NCC(F)(F)F)cn1. The second kappa shape index (κ2) is 4.96. The molecule has 0 bridgehead atoms. The van der Waals surface area contributed by atoms with E-state index in [1.54, 1.807) is 24.4 Å². The van der Waals surface area contributed by atoms with Crippen LogP contribution in [0.3, 0.4) is 0 Å². The molecule has 0 aliphatic rings. The largest absolute Gasteiger partial charge is 0.405 e. The second-order valence-electron chi connectivity index (χ2n) is 3.38. The molecule has 16 heavy (non-hydrogen) atoms. The third kappa shape index (κ3) is 4.77. The van der Waals surface area contributed by atoms with E-state index in [0.29, 0.717) is 5.56 Å². The van der Waals surface area contributed by atoms with Gasteiger partial charge in [-0.1, -0.05) is 6.07 Å². The number of halogens is 3. The average molecular weight is 232 g/mol. The summed E-state index contributed by atoms with van der Waals surface area (Å²) in [6, 6.07) is 3.36. The van der Waals surface area contributed by atoms with Gasteiger partial charge in [0.05, 0.1) is 6.42 Å². The first-order valence-corrected chi connectivity index (χ1v) is 4.62. The van der Waals surface area contributed by atoms with Gasteiger partial charge in [0, 0.05) is 11.9 Å². The predicted molar refractivity (Wildman–Crippen MR) is 51.7 cm³/mol. The Bertz CT molecular complexity index is 359. The van der Waals surface area contributed by atoms with E-state index < -0.39 is 18.6 Å². The van der Waals surface area contributed by atoms with Crippen molar-refractivity contribution in [3.63, 3.8) is 0 Å². The molecule has 1 heterocycles. The van der Waals surface area contributed by atoms with Gasteiger partial charge in [0.25, 0.3) is 0 Å². The van der Waals surface area contributed by atoms with Gasteiger partial charge in [-0.05, 0) is 18.6 Å². The van der Waals surface area contributed by atoms with E-state index in [2.05, 4.69) is 4.98 Å². The fraction of sp³-hybridized carbons (Fsp3) is 0.400. The molecule has 1 rings (SSSR count). The van der Waals surface area contributed by atoms with Crippen molar-refractivity contribution in [2.45, 2.75) is 19.5 Å². The molecule has 0 aromatic carbocycles. The number of nitrogens with zero attached hydrogens (tertiary/aromatic N) is 1. The van der Waals surface area contributed by atoms with Gasteiger partial charge in [0.1, 0.15) is 6.54 Å². The lowest BCUT2D eigenvalue weighted by molar-refractivity contribution is -0.138. The van der Waals surface area contributed by atoms with Crippen LogP contribution in [0.25, 0.3) is 0 Å². The lowest BCUT2D eigenvalue weighted by Crippen LogP contribution is -2.34. The van der Waals surface area contributed by atoms with Crippen LogP contribution in [0.2, 0.25) is 0 Å². The van der Waals surface area contributed by atoms with E-state index in [1.807, 2.05) is 0 Å². The number of carbonyl (C=O) groups is 1. The fourth-order valence-corrected chi connectivity index (χ4v) is 1.05. The number of rotatable bonds is 3. The molecule has 0 atom stereocenters. The van der Waals surface area contributed by atoms with Crippen molar-refractivity contribution in [1.82, 2.24) is 10.3 Å². The quantitative estimate of drug-likeness (QED) is 0.860. The molecule has 6 heteroatoms. The van der Waals surface area contributed by atoms with Crippen LogP contribution in [-0.2, 0) is 11.2 Å². The molecule has 1 aromatic heterocycles. The Morgan fingerprint density at radius 2 is 2.12 bits per heavy atom. The van der Waals surface area contributed by atoms with Crippen molar-refractivity contribution in [1.29, 1.82) is 0 Å². The van der Waals surface area contributed by atoms with Crippen LogP contribution in [0.15, 0.2) is 18.3 Å². The van der Waals surface area contributed by atoms with Gasteiger partial charge in [-0.25, -0.2) is 0 Å². The smallest absolute Gasteiger partial charge is 0.347 e. The number of pyridine rings is 1. The summed E-state index contributed by atoms with van der Waals surface area (Å²) in [5.74, 6) is -0.664. The molecule has 0 aliphatic heterocycles. The van der Waals surface area contributed by atoms with Crippen LogP contribution >= 0.6 is 0 Å². The maximum absolute atomic E-state index is 11.8. The number of amides is 1. The lowest BCUT2D eigenvalue weighted by atomic mass is 10.2. The van der Waals surface area contributed by atoms with Crippen molar-refractivity contribution < 1.29 is 18.0 Å². The van der Waals surface area contributed by atoms with Gasteiger partial charge in [0.2, 0.25) is 5.91 Å². The molecule has 0 unspecified atom stereocenters. The highest BCUT2D eigenvalue weighted by Gasteiger charge is 2.27. The standard InChI is InChI=1S/C10H11F3N2O/c1-7-2-3-8(5-14-7)4-9(16)15-6-10(11,12)13/h2-3,5H,4,6H2,1H3,(H,15,16). The zero-order chi connectivity index (χ0) is 12.2. The molecular formula is C10H11F3N2O. The first-order chi connectivity index (χ1) is 7.37. The molecule has 1 amide bonds. The Hall–Kier alpha value is -1.59. The summed E-state index contributed by atoms with van der Waals surface area (Å²) in [6.45, 7) is 0.485. The Labute approximate surface area is 90.7 Å². The van der Waals surface area contributed by atoms with Gasteiger partial charge in [-0.15, -0.1) is 0 Å². The summed E-state index contributed by atoms with van der Waals surface area (Å²) in [7, 11) is 0. The van der Waals surface area contributed by atoms with Crippen molar-refractivity contribution in [3.05, 3.63) is 29.6 Å². The molecule has 0 fully saturated rings. The Balaban J connectivity index is 2.43. The zero-order valence-electron chi connectivity index (χ0n) is 8.64. The van der Waals surface area contributed by atoms with Crippen LogP contribution in [0.4, 0.5) is 13.2 Å². The van der Waals surface area contributed by atoms with Gasteiger partial charge in [0.15, 0.2) is 0 Å². The average Bonchev–Trinajstić information content (AvgIpc) is 2.18. The highest BCUT2D eigenvalue weighted by Crippen LogP contribution is 2.12. The number of aromatic nitrogens is 1. The Morgan fingerprint density at radius 1 is 1.44 bits per heavy atom. The Kier molecular flexibility index (Phi) is 3.87. The molecule has 0 radical (unpaired) electrons. The number of hydrogen-bond donors (Lipinski definition) is 1. The van der Waals surface area contributed by atoms with Crippen LogP contribution in [-0.4, -0.2) is 23.6 Å². The second-order valence-corrected chi connectivity index (χ2v) is 3.38. The maximum Gasteiger partial charge on any atom is 0.405 e. The summed E-state index contributed by atoms with van der Waals surface area (Å²) in [6.07, 6.45) is -2.99. The summed E-state index contributed by atoms with van der Waals surface area (Å²) in [4.78, 5) is 15.0. The van der Waals surface area contributed by atoms with Crippen LogP contribution in [0.5, 0.6) is 0 Å². The highest BCUT2D eigenvalue weighted by atomic mass is 19.4. The van der Waals surface area contributed by atoms with Crippen LogP contribution in [0.1, 0.15) is 11.3 Å². The topological polar surface area (TPSA) is 42.0 Å². The van der Waals surface area contributed by atoms with Gasteiger partial charge >= 0.3 is 6.18 Å². The van der Waals surface area contributed by atoms with E-state index in [4.69, 9.17) is 0 Å². The predicted octanol–water partition coefficient (Wildman–Crippen LogP) is 1.61. The van der Waals surface area contributed by atoms with E-state index in [0.717, 1.165) is 5.69 Å².